The second-order valence-electron chi connectivity index (χ2n) is 4.60. The fourth-order valence-electron chi connectivity index (χ4n) is 1.88. The number of nitrogens with zero attached hydrogens (tertiary/aromatic N) is 2. The number of aryl methyl sites for hydroxylation is 2. The van der Waals surface area contributed by atoms with E-state index in [1.54, 1.807) is 6.92 Å². The van der Waals surface area contributed by atoms with Crippen LogP contribution in [0.25, 0.3) is 0 Å². The Balaban J connectivity index is 2.79. The number of carboxylic acid groups (broad SMARTS) is 1. The van der Waals surface area contributed by atoms with Crippen molar-refractivity contribution < 1.29 is 9.90 Å². The summed E-state index contributed by atoms with van der Waals surface area (Å²) in [4.78, 5) is 10.9. The molecule has 0 spiro atoms. The van der Waals surface area contributed by atoms with Gasteiger partial charge in [0.1, 0.15) is 0 Å². The van der Waals surface area contributed by atoms with Crippen molar-refractivity contribution in [2.45, 2.75) is 47.1 Å². The maximum Gasteiger partial charge on any atom is 0.306 e. The van der Waals surface area contributed by atoms with E-state index in [-0.39, 0.29) is 11.8 Å². The lowest BCUT2D eigenvalue weighted by Gasteiger charge is -2.16. The third-order valence-corrected chi connectivity index (χ3v) is 3.35. The molecule has 0 bridgehead atoms. The van der Waals surface area contributed by atoms with Crippen LogP contribution < -0.4 is 0 Å². The van der Waals surface area contributed by atoms with Crippen LogP contribution in [0.4, 0.5) is 0 Å². The topological polar surface area (TPSA) is 55.1 Å². The SMILES string of the molecule is CCc1cc(CC(C)C(C)C(=O)O)n(CC)n1. The van der Waals surface area contributed by atoms with E-state index in [1.165, 1.54) is 0 Å². The molecule has 1 N–H and O–H groups in total. The summed E-state index contributed by atoms with van der Waals surface area (Å²) >= 11 is 0. The minimum atomic E-state index is -0.726. The Kier molecular flexibility index (Phi) is 4.73. The van der Waals surface area contributed by atoms with Crippen LogP contribution in [0.3, 0.4) is 0 Å². The quantitative estimate of drug-likeness (QED) is 0.827. The fraction of sp³-hybridized carbons (Fsp3) is 0.692. The maximum absolute atomic E-state index is 10.9. The van der Waals surface area contributed by atoms with Crippen LogP contribution in [0, 0.1) is 11.8 Å². The first-order valence-electron chi connectivity index (χ1n) is 6.27. The Hall–Kier alpha value is -1.32. The van der Waals surface area contributed by atoms with Crippen molar-refractivity contribution in [1.29, 1.82) is 0 Å². The molecule has 0 aromatic carbocycles. The molecule has 1 aromatic rings. The van der Waals surface area contributed by atoms with Gasteiger partial charge in [0, 0.05) is 12.2 Å². The molecule has 0 aliphatic rings. The third-order valence-electron chi connectivity index (χ3n) is 3.35. The number of hydrogen-bond acceptors (Lipinski definition) is 2. The predicted molar refractivity (Wildman–Crippen MR) is 66.9 cm³/mol. The van der Waals surface area contributed by atoms with Gasteiger partial charge >= 0.3 is 5.97 Å². The standard InChI is InChI=1S/C13H22N2O2/c1-5-11-8-12(15(6-2)14-11)7-9(3)10(4)13(16)17/h8-10H,5-7H2,1-4H3,(H,16,17). The second-order valence-corrected chi connectivity index (χ2v) is 4.60. The highest BCUT2D eigenvalue weighted by Gasteiger charge is 2.21. The van der Waals surface area contributed by atoms with Gasteiger partial charge in [-0.05, 0) is 31.7 Å². The molecule has 2 atom stereocenters. The summed E-state index contributed by atoms with van der Waals surface area (Å²) in [5, 5.41) is 13.5. The van der Waals surface area contributed by atoms with Gasteiger partial charge in [0.2, 0.25) is 0 Å². The van der Waals surface area contributed by atoms with Gasteiger partial charge in [-0.25, -0.2) is 0 Å². The molecule has 0 aliphatic carbocycles. The first-order valence-corrected chi connectivity index (χ1v) is 6.27. The summed E-state index contributed by atoms with van der Waals surface area (Å²) < 4.78 is 1.98. The van der Waals surface area contributed by atoms with Gasteiger partial charge in [-0.2, -0.15) is 5.10 Å². The van der Waals surface area contributed by atoms with Gasteiger partial charge in [-0.1, -0.05) is 20.8 Å². The van der Waals surface area contributed by atoms with Gasteiger partial charge in [-0.15, -0.1) is 0 Å². The van der Waals surface area contributed by atoms with Crippen molar-refractivity contribution in [3.05, 3.63) is 17.5 Å². The zero-order valence-electron chi connectivity index (χ0n) is 11.1. The average molecular weight is 238 g/mol. The molecule has 4 heteroatoms. The molecule has 0 saturated carbocycles. The molecule has 0 aliphatic heterocycles. The van der Waals surface area contributed by atoms with E-state index in [0.717, 1.165) is 30.8 Å². The van der Waals surface area contributed by atoms with Gasteiger partial charge in [0.15, 0.2) is 0 Å². The van der Waals surface area contributed by atoms with E-state index in [2.05, 4.69) is 25.0 Å². The van der Waals surface area contributed by atoms with Gasteiger partial charge < -0.3 is 5.11 Å². The van der Waals surface area contributed by atoms with Crippen molar-refractivity contribution in [3.8, 4) is 0 Å². The van der Waals surface area contributed by atoms with Crippen LogP contribution in [0.1, 0.15) is 39.1 Å². The van der Waals surface area contributed by atoms with Crippen molar-refractivity contribution in [1.82, 2.24) is 9.78 Å². The zero-order valence-corrected chi connectivity index (χ0v) is 11.1. The van der Waals surface area contributed by atoms with Crippen LogP contribution in [-0.2, 0) is 24.2 Å². The number of rotatable bonds is 6. The summed E-state index contributed by atoms with van der Waals surface area (Å²) in [6.45, 7) is 8.72. The lowest BCUT2D eigenvalue weighted by molar-refractivity contribution is -0.142. The fourth-order valence-corrected chi connectivity index (χ4v) is 1.88. The largest absolute Gasteiger partial charge is 0.481 e. The minimum Gasteiger partial charge on any atom is -0.481 e. The summed E-state index contributed by atoms with van der Waals surface area (Å²) in [7, 11) is 0. The van der Waals surface area contributed by atoms with E-state index in [4.69, 9.17) is 5.11 Å². The van der Waals surface area contributed by atoms with E-state index < -0.39 is 5.97 Å². The number of carbonyl (C=O) groups is 1. The monoisotopic (exact) mass is 238 g/mol. The van der Waals surface area contributed by atoms with Crippen LogP contribution in [-0.4, -0.2) is 20.9 Å². The summed E-state index contributed by atoms with van der Waals surface area (Å²) in [5.41, 5.74) is 2.22. The normalized spacial score (nSPS) is 14.6. The molecule has 0 fully saturated rings. The summed E-state index contributed by atoms with van der Waals surface area (Å²) in [5.74, 6) is -0.921. The van der Waals surface area contributed by atoms with Gasteiger partial charge in [0.25, 0.3) is 0 Å². The Morgan fingerprint density at radius 1 is 1.47 bits per heavy atom. The van der Waals surface area contributed by atoms with Crippen LogP contribution in [0.2, 0.25) is 0 Å². The molecule has 17 heavy (non-hydrogen) atoms. The Bertz CT molecular complexity index is 385. The molecule has 2 unspecified atom stereocenters. The first-order chi connectivity index (χ1) is 7.99. The molecule has 96 valence electrons. The van der Waals surface area contributed by atoms with Gasteiger partial charge in [-0.3, -0.25) is 9.48 Å². The highest BCUT2D eigenvalue weighted by molar-refractivity contribution is 5.69. The van der Waals surface area contributed by atoms with E-state index in [9.17, 15) is 4.79 Å². The lowest BCUT2D eigenvalue weighted by Crippen LogP contribution is -2.21. The molecule has 0 radical (unpaired) electrons. The lowest BCUT2D eigenvalue weighted by atomic mass is 9.91. The average Bonchev–Trinajstić information content (AvgIpc) is 2.70. The van der Waals surface area contributed by atoms with Crippen molar-refractivity contribution in [3.63, 3.8) is 0 Å². The minimum absolute atomic E-state index is 0.124. The summed E-state index contributed by atoms with van der Waals surface area (Å²) in [6.07, 6.45) is 1.69. The highest BCUT2D eigenvalue weighted by Crippen LogP contribution is 2.18. The molecule has 1 rings (SSSR count). The predicted octanol–water partition coefficient (Wildman–Crippen LogP) is 2.36. The molecule has 0 saturated heterocycles. The van der Waals surface area contributed by atoms with Crippen molar-refractivity contribution in [2.24, 2.45) is 11.8 Å². The van der Waals surface area contributed by atoms with Crippen molar-refractivity contribution >= 4 is 5.97 Å². The number of aromatic nitrogens is 2. The van der Waals surface area contributed by atoms with Crippen molar-refractivity contribution in [2.75, 3.05) is 0 Å². The Labute approximate surface area is 103 Å². The van der Waals surface area contributed by atoms with E-state index >= 15 is 0 Å². The van der Waals surface area contributed by atoms with Crippen LogP contribution in [0.15, 0.2) is 6.07 Å². The molecule has 0 amide bonds. The smallest absolute Gasteiger partial charge is 0.306 e. The second kappa shape index (κ2) is 5.84. The first kappa shape index (κ1) is 13.7. The Morgan fingerprint density at radius 2 is 2.12 bits per heavy atom. The molecular weight excluding hydrogens is 216 g/mol. The molecule has 1 aromatic heterocycles. The highest BCUT2D eigenvalue weighted by atomic mass is 16.4. The third kappa shape index (κ3) is 3.32. The zero-order chi connectivity index (χ0) is 13.0. The van der Waals surface area contributed by atoms with Crippen LogP contribution >= 0.6 is 0 Å². The van der Waals surface area contributed by atoms with Gasteiger partial charge in [0.05, 0.1) is 11.6 Å². The molecule has 1 heterocycles. The Morgan fingerprint density at radius 3 is 2.59 bits per heavy atom. The maximum atomic E-state index is 10.9. The number of carboxylic acids is 1. The number of hydrogen-bond donors (Lipinski definition) is 1. The van der Waals surface area contributed by atoms with E-state index in [1.807, 2.05) is 11.6 Å². The summed E-state index contributed by atoms with van der Waals surface area (Å²) in [6, 6.07) is 2.09. The van der Waals surface area contributed by atoms with E-state index in [0.29, 0.717) is 0 Å². The molecular formula is C13H22N2O2. The molecule has 4 nitrogen and oxygen atoms in total. The number of aliphatic carboxylic acids is 1. The van der Waals surface area contributed by atoms with Crippen LogP contribution in [0.5, 0.6) is 0 Å².